The van der Waals surface area contributed by atoms with Crippen LogP contribution in [-0.2, 0) is 0 Å². The number of ketones is 1. The van der Waals surface area contributed by atoms with E-state index in [4.69, 9.17) is 0 Å². The van der Waals surface area contributed by atoms with Crippen molar-refractivity contribution in [3.8, 4) is 10.0 Å². The van der Waals surface area contributed by atoms with Crippen LogP contribution in [0, 0.1) is 0 Å². The Kier molecular flexibility index (Phi) is 5.21. The molecule has 3 heteroatoms. The molecular formula is C23H16OSSe. The third kappa shape index (κ3) is 3.76. The molecule has 1 aromatic heterocycles. The minimum absolute atomic E-state index is 0.00535. The van der Waals surface area contributed by atoms with Gasteiger partial charge in [0.2, 0.25) is 0 Å². The van der Waals surface area contributed by atoms with Crippen LogP contribution in [0.25, 0.3) is 10.0 Å². The van der Waals surface area contributed by atoms with Crippen LogP contribution in [0.2, 0.25) is 0 Å². The normalized spacial score (nSPS) is 10.6. The number of rotatable bonds is 5. The van der Waals surface area contributed by atoms with Gasteiger partial charge in [0.05, 0.1) is 0 Å². The second kappa shape index (κ2) is 7.92. The fourth-order valence-electron chi connectivity index (χ4n) is 2.70. The van der Waals surface area contributed by atoms with Crippen LogP contribution in [0.4, 0.5) is 0 Å². The van der Waals surface area contributed by atoms with Gasteiger partial charge in [0.15, 0.2) is 0 Å². The molecule has 0 N–H and O–H groups in total. The number of carbonyl (C=O) groups is 1. The molecule has 0 spiro atoms. The molecular weight excluding hydrogens is 403 g/mol. The maximum absolute atomic E-state index is 12.9. The first-order valence-corrected chi connectivity index (χ1v) is 10.9. The van der Waals surface area contributed by atoms with Crippen molar-refractivity contribution in [2.24, 2.45) is 0 Å². The van der Waals surface area contributed by atoms with E-state index < -0.39 is 0 Å². The maximum atomic E-state index is 12.9. The zero-order valence-corrected chi connectivity index (χ0v) is 16.5. The van der Waals surface area contributed by atoms with Gasteiger partial charge in [-0.05, 0) is 0 Å². The summed E-state index contributed by atoms with van der Waals surface area (Å²) in [6.07, 6.45) is 0. The molecule has 3 aromatic carbocycles. The summed E-state index contributed by atoms with van der Waals surface area (Å²) in [5, 5.41) is 0. The molecule has 126 valence electrons. The first kappa shape index (κ1) is 17.1. The molecule has 0 atom stereocenters. The summed E-state index contributed by atoms with van der Waals surface area (Å²) in [4.78, 5) is 15.3. The number of hydrogen-bond donors (Lipinski definition) is 0. The van der Waals surface area contributed by atoms with E-state index in [-0.39, 0.29) is 20.3 Å². The van der Waals surface area contributed by atoms with Crippen molar-refractivity contribution >= 4 is 32.0 Å². The molecule has 1 nitrogen and oxygen atoms in total. The Morgan fingerprint density at radius 3 is 1.96 bits per heavy atom. The van der Waals surface area contributed by atoms with Crippen LogP contribution in [0.5, 0.6) is 0 Å². The molecule has 0 saturated heterocycles. The van der Waals surface area contributed by atoms with E-state index in [1.807, 2.05) is 54.6 Å². The number of benzene rings is 3. The Morgan fingerprint density at radius 1 is 0.731 bits per heavy atom. The van der Waals surface area contributed by atoms with E-state index in [0.717, 1.165) is 10.0 Å². The second-order valence-electron chi connectivity index (χ2n) is 5.78. The van der Waals surface area contributed by atoms with Crippen molar-refractivity contribution in [1.29, 1.82) is 0 Å². The minimum atomic E-state index is 0.00535. The third-order valence-corrected chi connectivity index (χ3v) is 7.79. The average molecular weight is 419 g/mol. The van der Waals surface area contributed by atoms with Crippen molar-refractivity contribution in [2.75, 3.05) is 0 Å². The molecule has 0 aliphatic rings. The first-order chi connectivity index (χ1) is 12.8. The predicted octanol–water partition coefficient (Wildman–Crippen LogP) is 5.79. The van der Waals surface area contributed by atoms with Gasteiger partial charge in [-0.15, -0.1) is 0 Å². The predicted molar refractivity (Wildman–Crippen MR) is 109 cm³/mol. The van der Waals surface area contributed by atoms with Gasteiger partial charge < -0.3 is 0 Å². The van der Waals surface area contributed by atoms with Gasteiger partial charge in [0.1, 0.15) is 0 Å². The van der Waals surface area contributed by atoms with Crippen LogP contribution >= 0.6 is 11.8 Å². The van der Waals surface area contributed by atoms with Crippen molar-refractivity contribution < 1.29 is 4.79 Å². The monoisotopic (exact) mass is 420 g/mol. The standard InChI is InChI=1S/C23H16OSSe/c24-22(17-10-4-1-5-11-17)21-16-20(25-19-14-8-3-9-15-19)23(26-21)18-12-6-2-7-13-18/h1-16H. The Morgan fingerprint density at radius 2 is 1.31 bits per heavy atom. The van der Waals surface area contributed by atoms with Crippen molar-refractivity contribution in [2.45, 2.75) is 9.79 Å². The van der Waals surface area contributed by atoms with E-state index in [2.05, 4.69) is 42.5 Å². The first-order valence-electron chi connectivity index (χ1n) is 8.33. The van der Waals surface area contributed by atoms with Crippen molar-refractivity contribution in [3.63, 3.8) is 0 Å². The topological polar surface area (TPSA) is 17.1 Å². The van der Waals surface area contributed by atoms with E-state index in [1.54, 1.807) is 11.8 Å². The molecule has 26 heavy (non-hydrogen) atoms. The van der Waals surface area contributed by atoms with Gasteiger partial charge in [-0.2, -0.15) is 0 Å². The Labute approximate surface area is 163 Å². The van der Waals surface area contributed by atoms with Gasteiger partial charge in [-0.1, -0.05) is 0 Å². The average Bonchev–Trinajstić information content (AvgIpc) is 3.13. The molecule has 0 fully saturated rings. The van der Waals surface area contributed by atoms with Crippen LogP contribution in [0.3, 0.4) is 0 Å². The molecule has 4 rings (SSSR count). The van der Waals surface area contributed by atoms with E-state index in [0.29, 0.717) is 0 Å². The molecule has 1 heterocycles. The molecule has 0 amide bonds. The van der Waals surface area contributed by atoms with E-state index in [1.165, 1.54) is 19.8 Å². The van der Waals surface area contributed by atoms with Gasteiger partial charge in [-0.25, -0.2) is 0 Å². The third-order valence-electron chi connectivity index (χ3n) is 3.96. The fraction of sp³-hybridized carbons (Fsp3) is 0. The Bertz CT molecular complexity index is 1010. The number of hydrogen-bond acceptors (Lipinski definition) is 2. The van der Waals surface area contributed by atoms with E-state index >= 15 is 0 Å². The van der Waals surface area contributed by atoms with Crippen LogP contribution in [0.15, 0.2) is 107 Å². The van der Waals surface area contributed by atoms with Gasteiger partial charge >= 0.3 is 164 Å². The van der Waals surface area contributed by atoms with Gasteiger partial charge in [-0.3, -0.25) is 0 Å². The van der Waals surface area contributed by atoms with Crippen molar-refractivity contribution in [3.05, 3.63) is 107 Å². The summed E-state index contributed by atoms with van der Waals surface area (Å²) < 4.78 is 2.20. The van der Waals surface area contributed by atoms with E-state index in [9.17, 15) is 4.79 Å². The molecule has 0 radical (unpaired) electrons. The van der Waals surface area contributed by atoms with Gasteiger partial charge in [0, 0.05) is 0 Å². The quantitative estimate of drug-likeness (QED) is 0.301. The SMILES string of the molecule is O=C(c1ccccc1)c1cc(Sc2ccccc2)c(-c2ccccc2)[se]1. The van der Waals surface area contributed by atoms with Crippen LogP contribution in [-0.4, -0.2) is 20.3 Å². The summed E-state index contributed by atoms with van der Waals surface area (Å²) in [6, 6.07) is 32.4. The molecule has 0 unspecified atom stereocenters. The fourth-order valence-corrected chi connectivity index (χ4v) is 6.42. The van der Waals surface area contributed by atoms with Crippen LogP contribution in [0.1, 0.15) is 14.8 Å². The zero-order valence-electron chi connectivity index (χ0n) is 14.0. The zero-order chi connectivity index (χ0) is 17.8. The summed E-state index contributed by atoms with van der Waals surface area (Å²) in [5.74, 6) is 0.141. The molecule has 4 aromatic rings. The molecule has 0 saturated carbocycles. The molecule has 0 aliphatic heterocycles. The Hall–Kier alpha value is -2.32. The Balaban J connectivity index is 1.76. The number of carbonyl (C=O) groups excluding carboxylic acids is 1. The van der Waals surface area contributed by atoms with Crippen molar-refractivity contribution in [1.82, 2.24) is 0 Å². The van der Waals surface area contributed by atoms with Crippen LogP contribution < -0.4 is 0 Å². The summed E-state index contributed by atoms with van der Waals surface area (Å²) in [6.45, 7) is 0. The summed E-state index contributed by atoms with van der Waals surface area (Å²) in [7, 11) is 0. The molecule has 0 bridgehead atoms. The van der Waals surface area contributed by atoms with Gasteiger partial charge in [0.25, 0.3) is 0 Å². The second-order valence-corrected chi connectivity index (χ2v) is 9.10. The summed E-state index contributed by atoms with van der Waals surface area (Å²) in [5.41, 5.74) is 1.97. The summed E-state index contributed by atoms with van der Waals surface area (Å²) >= 11 is 1.74. The molecule has 0 aliphatic carbocycles.